The van der Waals surface area contributed by atoms with E-state index >= 15 is 0 Å². The smallest absolute Gasteiger partial charge is 0.225 e. The summed E-state index contributed by atoms with van der Waals surface area (Å²) in [6.07, 6.45) is 4.92. The van der Waals surface area contributed by atoms with Crippen molar-refractivity contribution in [1.29, 1.82) is 0 Å². The third-order valence-electron chi connectivity index (χ3n) is 3.86. The first kappa shape index (κ1) is 11.9. The van der Waals surface area contributed by atoms with E-state index in [4.69, 9.17) is 4.74 Å². The largest absolute Gasteiger partial charge is 0.378 e. The van der Waals surface area contributed by atoms with E-state index in [0.717, 1.165) is 45.4 Å². The number of carbonyl (C=O) groups is 1. The van der Waals surface area contributed by atoms with Crippen LogP contribution in [0.2, 0.25) is 0 Å². The number of nitrogens with zero attached hydrogens (tertiary/aromatic N) is 1. The minimum absolute atomic E-state index is 0.128. The van der Waals surface area contributed by atoms with E-state index in [-0.39, 0.29) is 11.5 Å². The first-order valence-corrected chi connectivity index (χ1v) is 6.29. The number of methoxy groups -OCH3 is 1. The molecule has 1 heterocycles. The Morgan fingerprint density at radius 3 is 2.75 bits per heavy atom. The second kappa shape index (κ2) is 5.15. The number of hydrogen-bond donors (Lipinski definition) is 1. The van der Waals surface area contributed by atoms with Crippen LogP contribution in [0.3, 0.4) is 0 Å². The number of hydrogen-bond acceptors (Lipinski definition) is 3. The van der Waals surface area contributed by atoms with Gasteiger partial charge in [-0.15, -0.1) is 0 Å². The average molecular weight is 226 g/mol. The molecule has 0 aromatic rings. The van der Waals surface area contributed by atoms with Gasteiger partial charge in [0.2, 0.25) is 5.91 Å². The molecule has 1 amide bonds. The lowest BCUT2D eigenvalue weighted by Crippen LogP contribution is -2.45. The van der Waals surface area contributed by atoms with Crippen molar-refractivity contribution in [3.8, 4) is 0 Å². The molecule has 2 fully saturated rings. The van der Waals surface area contributed by atoms with Crippen molar-refractivity contribution in [1.82, 2.24) is 10.2 Å². The Balaban J connectivity index is 1.86. The summed E-state index contributed by atoms with van der Waals surface area (Å²) >= 11 is 0. The molecule has 1 saturated carbocycles. The summed E-state index contributed by atoms with van der Waals surface area (Å²) in [4.78, 5) is 14.1. The van der Waals surface area contributed by atoms with Crippen LogP contribution in [0.1, 0.15) is 32.1 Å². The molecule has 1 N–H and O–H groups in total. The number of ether oxygens (including phenoxy) is 1. The molecule has 0 spiro atoms. The fraction of sp³-hybridized carbons (Fsp3) is 0.917. The summed E-state index contributed by atoms with van der Waals surface area (Å²) in [5.41, 5.74) is -0.128. The number of nitrogens with one attached hydrogen (secondary N) is 1. The molecule has 16 heavy (non-hydrogen) atoms. The summed E-state index contributed by atoms with van der Waals surface area (Å²) in [7, 11) is 1.73. The summed E-state index contributed by atoms with van der Waals surface area (Å²) in [5.74, 6) is 0.269. The average Bonchev–Trinajstić information content (AvgIpc) is 2.51. The minimum atomic E-state index is -0.128. The van der Waals surface area contributed by atoms with Gasteiger partial charge in [0.05, 0.1) is 12.0 Å². The van der Waals surface area contributed by atoms with Crippen LogP contribution in [0.5, 0.6) is 0 Å². The van der Waals surface area contributed by atoms with E-state index in [1.807, 2.05) is 4.90 Å². The van der Waals surface area contributed by atoms with Crippen molar-refractivity contribution < 1.29 is 9.53 Å². The van der Waals surface area contributed by atoms with Gasteiger partial charge < -0.3 is 15.0 Å². The molecule has 0 bridgehead atoms. The van der Waals surface area contributed by atoms with Gasteiger partial charge in [0.25, 0.3) is 0 Å². The van der Waals surface area contributed by atoms with E-state index in [1.165, 1.54) is 6.42 Å². The van der Waals surface area contributed by atoms with E-state index in [0.29, 0.717) is 6.42 Å². The lowest BCUT2D eigenvalue weighted by Gasteiger charge is -2.41. The monoisotopic (exact) mass is 226 g/mol. The van der Waals surface area contributed by atoms with Crippen LogP contribution in [-0.4, -0.2) is 49.7 Å². The van der Waals surface area contributed by atoms with Gasteiger partial charge >= 0.3 is 0 Å². The lowest BCUT2D eigenvalue weighted by atomic mass is 9.77. The lowest BCUT2D eigenvalue weighted by molar-refractivity contribution is -0.143. The maximum atomic E-state index is 12.1. The Bertz CT molecular complexity index is 238. The van der Waals surface area contributed by atoms with Crippen molar-refractivity contribution in [2.75, 3.05) is 33.3 Å². The molecule has 2 rings (SSSR count). The zero-order chi connectivity index (χ0) is 11.4. The minimum Gasteiger partial charge on any atom is -0.378 e. The van der Waals surface area contributed by atoms with Crippen molar-refractivity contribution in [2.45, 2.75) is 37.7 Å². The van der Waals surface area contributed by atoms with E-state index in [1.54, 1.807) is 7.11 Å². The predicted molar refractivity (Wildman–Crippen MR) is 62.3 cm³/mol. The number of carbonyl (C=O) groups excluding carboxylic acids is 1. The maximum absolute atomic E-state index is 12.1. The zero-order valence-electron chi connectivity index (χ0n) is 10.1. The Labute approximate surface area is 97.3 Å². The highest BCUT2D eigenvalue weighted by atomic mass is 16.5. The molecule has 1 aliphatic carbocycles. The highest BCUT2D eigenvalue weighted by molar-refractivity contribution is 5.77. The van der Waals surface area contributed by atoms with E-state index in [9.17, 15) is 4.79 Å². The molecule has 2 aliphatic rings. The molecular weight excluding hydrogens is 204 g/mol. The van der Waals surface area contributed by atoms with E-state index < -0.39 is 0 Å². The second-order valence-corrected chi connectivity index (χ2v) is 4.90. The highest BCUT2D eigenvalue weighted by Gasteiger charge is 2.40. The van der Waals surface area contributed by atoms with Gasteiger partial charge in [-0.3, -0.25) is 4.79 Å². The number of amides is 1. The van der Waals surface area contributed by atoms with Crippen LogP contribution < -0.4 is 5.32 Å². The van der Waals surface area contributed by atoms with Crippen LogP contribution in [0.25, 0.3) is 0 Å². The molecule has 0 unspecified atom stereocenters. The van der Waals surface area contributed by atoms with Gasteiger partial charge in [0.15, 0.2) is 0 Å². The first-order valence-electron chi connectivity index (χ1n) is 6.29. The summed E-state index contributed by atoms with van der Waals surface area (Å²) in [6, 6.07) is 0. The standard InChI is InChI=1S/C12H22N2O2/c1-16-12(4-2-5-12)10-11(15)14-8-3-6-13-7-9-14/h13H,2-10H2,1H3. The topological polar surface area (TPSA) is 41.6 Å². The molecule has 4 heteroatoms. The van der Waals surface area contributed by atoms with E-state index in [2.05, 4.69) is 5.32 Å². The van der Waals surface area contributed by atoms with Gasteiger partial charge in [-0.1, -0.05) is 0 Å². The van der Waals surface area contributed by atoms with Crippen LogP contribution >= 0.6 is 0 Å². The van der Waals surface area contributed by atoms with Gasteiger partial charge in [-0.2, -0.15) is 0 Å². The third kappa shape index (κ3) is 2.55. The summed E-state index contributed by atoms with van der Waals surface area (Å²) in [5, 5.41) is 3.31. The Morgan fingerprint density at radius 1 is 1.31 bits per heavy atom. The van der Waals surface area contributed by atoms with Gasteiger partial charge in [-0.25, -0.2) is 0 Å². The molecule has 0 aromatic heterocycles. The quantitative estimate of drug-likeness (QED) is 0.773. The summed E-state index contributed by atoms with van der Waals surface area (Å²) < 4.78 is 5.50. The molecule has 1 saturated heterocycles. The number of rotatable bonds is 3. The molecule has 4 nitrogen and oxygen atoms in total. The molecular formula is C12H22N2O2. The van der Waals surface area contributed by atoms with Crippen LogP contribution in [0.15, 0.2) is 0 Å². The Hall–Kier alpha value is -0.610. The SMILES string of the molecule is COC1(CC(=O)N2CCCNCC2)CCC1. The van der Waals surface area contributed by atoms with Crippen molar-refractivity contribution in [3.05, 3.63) is 0 Å². The van der Waals surface area contributed by atoms with Gasteiger partial charge in [0.1, 0.15) is 0 Å². The second-order valence-electron chi connectivity index (χ2n) is 4.90. The zero-order valence-corrected chi connectivity index (χ0v) is 10.1. The van der Waals surface area contributed by atoms with Crippen LogP contribution in [-0.2, 0) is 9.53 Å². The summed E-state index contributed by atoms with van der Waals surface area (Å²) in [6.45, 7) is 3.69. The highest BCUT2D eigenvalue weighted by Crippen LogP contribution is 2.38. The molecule has 0 radical (unpaired) electrons. The Kier molecular flexibility index (Phi) is 3.82. The molecule has 0 aromatic carbocycles. The van der Waals surface area contributed by atoms with Crippen molar-refractivity contribution in [2.24, 2.45) is 0 Å². The normalized spacial score (nSPS) is 24.7. The van der Waals surface area contributed by atoms with Gasteiger partial charge in [-0.05, 0) is 32.2 Å². The molecule has 0 atom stereocenters. The maximum Gasteiger partial charge on any atom is 0.225 e. The predicted octanol–water partition coefficient (Wildman–Crippen LogP) is 0.767. The molecule has 92 valence electrons. The Morgan fingerprint density at radius 2 is 2.12 bits per heavy atom. The van der Waals surface area contributed by atoms with Crippen LogP contribution in [0.4, 0.5) is 0 Å². The fourth-order valence-corrected chi connectivity index (χ4v) is 2.51. The van der Waals surface area contributed by atoms with Crippen molar-refractivity contribution >= 4 is 5.91 Å². The third-order valence-corrected chi connectivity index (χ3v) is 3.86. The first-order chi connectivity index (χ1) is 7.76. The molecule has 1 aliphatic heterocycles. The van der Waals surface area contributed by atoms with Crippen LogP contribution in [0, 0.1) is 0 Å². The fourth-order valence-electron chi connectivity index (χ4n) is 2.51. The van der Waals surface area contributed by atoms with Gasteiger partial charge in [0, 0.05) is 26.7 Å². The van der Waals surface area contributed by atoms with Crippen molar-refractivity contribution in [3.63, 3.8) is 0 Å².